The summed E-state index contributed by atoms with van der Waals surface area (Å²) in [6, 6.07) is 15.8. The highest BCUT2D eigenvalue weighted by molar-refractivity contribution is 7.92. The van der Waals surface area contributed by atoms with Crippen molar-refractivity contribution in [1.29, 1.82) is 0 Å². The lowest BCUT2D eigenvalue weighted by molar-refractivity contribution is 0.0951. The van der Waals surface area contributed by atoms with E-state index in [1.54, 1.807) is 30.6 Å². The third-order valence-corrected chi connectivity index (χ3v) is 5.41. The number of nitrogens with zero attached hydrogens (tertiary/aromatic N) is 2. The second-order valence-corrected chi connectivity index (χ2v) is 8.36. The van der Waals surface area contributed by atoms with Crippen LogP contribution in [0.3, 0.4) is 0 Å². The Hall–Kier alpha value is -3.26. The Kier molecular flexibility index (Phi) is 6.23. The number of pyridine rings is 1. The minimum absolute atomic E-state index is 0.141. The van der Waals surface area contributed by atoms with E-state index in [4.69, 9.17) is 0 Å². The minimum atomic E-state index is -3.65. The zero-order valence-corrected chi connectivity index (χ0v) is 16.6. The molecular weight excluding hydrogens is 393 g/mol. The predicted octanol–water partition coefficient (Wildman–Crippen LogP) is 3.12. The Morgan fingerprint density at radius 3 is 2.41 bits per heavy atom. The van der Waals surface area contributed by atoms with E-state index in [2.05, 4.69) is 10.3 Å². The number of aromatic nitrogens is 1. The zero-order chi connectivity index (χ0) is 20.9. The van der Waals surface area contributed by atoms with Crippen molar-refractivity contribution in [1.82, 2.24) is 10.3 Å². The molecule has 1 N–H and O–H groups in total. The molecule has 0 unspecified atom stereocenters. The fourth-order valence-corrected chi connectivity index (χ4v) is 3.63. The molecular formula is C21H20FN3O3S. The Morgan fingerprint density at radius 1 is 1.07 bits per heavy atom. The van der Waals surface area contributed by atoms with Gasteiger partial charge in [-0.05, 0) is 42.0 Å². The molecule has 0 aliphatic heterocycles. The van der Waals surface area contributed by atoms with Gasteiger partial charge in [-0.3, -0.25) is 14.1 Å². The first kappa shape index (κ1) is 20.5. The molecule has 8 heteroatoms. The van der Waals surface area contributed by atoms with Crippen LogP contribution in [-0.4, -0.2) is 25.6 Å². The molecule has 3 aromatic rings. The van der Waals surface area contributed by atoms with Gasteiger partial charge in [0, 0.05) is 30.1 Å². The summed E-state index contributed by atoms with van der Waals surface area (Å²) in [6.07, 6.45) is 4.37. The van der Waals surface area contributed by atoms with E-state index in [9.17, 15) is 17.6 Å². The number of carbonyl (C=O) groups excluding carboxylic acids is 1. The molecule has 0 saturated heterocycles. The Bertz CT molecular complexity index is 1090. The van der Waals surface area contributed by atoms with Crippen molar-refractivity contribution in [3.05, 3.63) is 95.6 Å². The summed E-state index contributed by atoms with van der Waals surface area (Å²) in [7, 11) is -3.65. The van der Waals surface area contributed by atoms with Gasteiger partial charge in [-0.2, -0.15) is 0 Å². The Labute approximate surface area is 169 Å². The van der Waals surface area contributed by atoms with Crippen molar-refractivity contribution < 1.29 is 17.6 Å². The molecule has 6 nitrogen and oxygen atoms in total. The molecule has 2 aromatic carbocycles. The van der Waals surface area contributed by atoms with Gasteiger partial charge < -0.3 is 5.32 Å². The Balaban J connectivity index is 1.75. The van der Waals surface area contributed by atoms with Gasteiger partial charge >= 0.3 is 0 Å². The number of benzene rings is 2. The van der Waals surface area contributed by atoms with Crippen LogP contribution >= 0.6 is 0 Å². The number of hydrogen-bond donors (Lipinski definition) is 1. The normalized spacial score (nSPS) is 11.1. The Morgan fingerprint density at radius 2 is 1.79 bits per heavy atom. The minimum Gasteiger partial charge on any atom is -0.348 e. The average Bonchev–Trinajstić information content (AvgIpc) is 2.71. The highest BCUT2D eigenvalue weighted by Crippen LogP contribution is 2.22. The van der Waals surface area contributed by atoms with E-state index in [1.165, 1.54) is 36.4 Å². The molecule has 0 radical (unpaired) electrons. The zero-order valence-electron chi connectivity index (χ0n) is 15.7. The van der Waals surface area contributed by atoms with Gasteiger partial charge in [-0.1, -0.05) is 24.3 Å². The molecule has 29 heavy (non-hydrogen) atoms. The first-order valence-electron chi connectivity index (χ1n) is 8.83. The van der Waals surface area contributed by atoms with E-state index < -0.39 is 15.8 Å². The van der Waals surface area contributed by atoms with Gasteiger partial charge in [0.2, 0.25) is 10.0 Å². The van der Waals surface area contributed by atoms with Crippen LogP contribution in [0.15, 0.2) is 73.1 Å². The molecule has 0 saturated carbocycles. The maximum absolute atomic E-state index is 14.0. The number of hydrogen-bond acceptors (Lipinski definition) is 4. The van der Waals surface area contributed by atoms with E-state index in [0.717, 1.165) is 16.1 Å². The number of amides is 1. The predicted molar refractivity (Wildman–Crippen MR) is 109 cm³/mol. The monoisotopic (exact) mass is 413 g/mol. The number of halogens is 1. The lowest BCUT2D eigenvalue weighted by atomic mass is 10.1. The van der Waals surface area contributed by atoms with Gasteiger partial charge in [0.1, 0.15) is 5.82 Å². The van der Waals surface area contributed by atoms with Gasteiger partial charge in [0.25, 0.3) is 5.91 Å². The van der Waals surface area contributed by atoms with Crippen molar-refractivity contribution in [2.75, 3.05) is 10.6 Å². The fourth-order valence-electron chi connectivity index (χ4n) is 2.75. The SMILES string of the molecule is CS(=O)(=O)N(Cc1ccccc1F)c1ccc(C(=O)NCc2cccnc2)cc1. The lowest BCUT2D eigenvalue weighted by Crippen LogP contribution is -2.30. The molecule has 3 rings (SSSR count). The lowest BCUT2D eigenvalue weighted by Gasteiger charge is -2.23. The highest BCUT2D eigenvalue weighted by atomic mass is 32.2. The highest BCUT2D eigenvalue weighted by Gasteiger charge is 2.19. The molecule has 0 fully saturated rings. The van der Waals surface area contributed by atoms with Crippen molar-refractivity contribution >= 4 is 21.6 Å². The van der Waals surface area contributed by atoms with Crippen LogP contribution < -0.4 is 9.62 Å². The number of nitrogens with one attached hydrogen (secondary N) is 1. The van der Waals surface area contributed by atoms with Crippen LogP contribution in [-0.2, 0) is 23.1 Å². The molecule has 1 aromatic heterocycles. The summed E-state index contributed by atoms with van der Waals surface area (Å²) in [4.78, 5) is 16.3. The summed E-state index contributed by atoms with van der Waals surface area (Å²) >= 11 is 0. The second kappa shape index (κ2) is 8.83. The number of rotatable bonds is 7. The molecule has 0 aliphatic carbocycles. The molecule has 1 amide bonds. The maximum atomic E-state index is 14.0. The van der Waals surface area contributed by atoms with Crippen LogP contribution in [0.2, 0.25) is 0 Å². The standard InChI is InChI=1S/C21H20FN3O3S/c1-29(27,28)25(15-18-6-2-3-7-20(18)22)19-10-8-17(9-11-19)21(26)24-14-16-5-4-12-23-13-16/h2-13H,14-15H2,1H3,(H,24,26). The number of sulfonamides is 1. The summed E-state index contributed by atoms with van der Waals surface area (Å²) in [6.45, 7) is 0.190. The van der Waals surface area contributed by atoms with E-state index in [1.807, 2.05) is 6.07 Å². The molecule has 0 bridgehead atoms. The summed E-state index contributed by atoms with van der Waals surface area (Å²) in [5.74, 6) is -0.770. The average molecular weight is 413 g/mol. The molecule has 150 valence electrons. The third-order valence-electron chi connectivity index (χ3n) is 4.27. The maximum Gasteiger partial charge on any atom is 0.251 e. The van der Waals surface area contributed by atoms with Crippen molar-refractivity contribution in [2.24, 2.45) is 0 Å². The molecule has 1 heterocycles. The smallest absolute Gasteiger partial charge is 0.251 e. The van der Waals surface area contributed by atoms with Gasteiger partial charge in [0.15, 0.2) is 0 Å². The molecule has 0 aliphatic rings. The van der Waals surface area contributed by atoms with Crippen molar-refractivity contribution in [3.63, 3.8) is 0 Å². The fraction of sp³-hybridized carbons (Fsp3) is 0.143. The van der Waals surface area contributed by atoms with Crippen molar-refractivity contribution in [3.8, 4) is 0 Å². The molecule has 0 spiro atoms. The van der Waals surface area contributed by atoms with Gasteiger partial charge in [0.05, 0.1) is 18.5 Å². The van der Waals surface area contributed by atoms with E-state index >= 15 is 0 Å². The van der Waals surface area contributed by atoms with Crippen LogP contribution in [0.25, 0.3) is 0 Å². The first-order valence-corrected chi connectivity index (χ1v) is 10.7. The second-order valence-electron chi connectivity index (χ2n) is 6.45. The summed E-state index contributed by atoms with van der Waals surface area (Å²) in [5, 5.41) is 2.78. The van der Waals surface area contributed by atoms with Gasteiger partial charge in [-0.15, -0.1) is 0 Å². The quantitative estimate of drug-likeness (QED) is 0.646. The summed E-state index contributed by atoms with van der Waals surface area (Å²) < 4.78 is 39.6. The van der Waals surface area contributed by atoms with Crippen molar-refractivity contribution in [2.45, 2.75) is 13.1 Å². The van der Waals surface area contributed by atoms with Gasteiger partial charge in [-0.25, -0.2) is 12.8 Å². The number of carbonyl (C=O) groups is 1. The summed E-state index contributed by atoms with van der Waals surface area (Å²) in [5.41, 5.74) is 1.86. The van der Waals surface area contributed by atoms with Crippen LogP contribution in [0.5, 0.6) is 0 Å². The van der Waals surface area contributed by atoms with Crippen LogP contribution in [0.4, 0.5) is 10.1 Å². The first-order chi connectivity index (χ1) is 13.8. The van der Waals surface area contributed by atoms with E-state index in [-0.39, 0.29) is 18.0 Å². The topological polar surface area (TPSA) is 79.4 Å². The van der Waals surface area contributed by atoms with E-state index in [0.29, 0.717) is 17.8 Å². The largest absolute Gasteiger partial charge is 0.348 e. The van der Waals surface area contributed by atoms with Crippen LogP contribution in [0, 0.1) is 5.82 Å². The van der Waals surface area contributed by atoms with Crippen LogP contribution in [0.1, 0.15) is 21.5 Å². The third kappa shape index (κ3) is 5.39. The number of anilines is 1. The molecule has 0 atom stereocenters.